The highest BCUT2D eigenvalue weighted by Gasteiger charge is 2.60. The van der Waals surface area contributed by atoms with E-state index in [0.29, 0.717) is 22.9 Å². The number of nitrogens with zero attached hydrogens (tertiary/aromatic N) is 1. The summed E-state index contributed by atoms with van der Waals surface area (Å²) in [5.41, 5.74) is 3.70. The summed E-state index contributed by atoms with van der Waals surface area (Å²) in [5, 5.41) is 0.390. The molecule has 3 aromatic rings. The third kappa shape index (κ3) is 2.93. The highest BCUT2D eigenvalue weighted by molar-refractivity contribution is 7.92. The summed E-state index contributed by atoms with van der Waals surface area (Å²) < 4.78 is 35.0. The summed E-state index contributed by atoms with van der Waals surface area (Å²) in [4.78, 5) is 2.38. The molecule has 0 saturated carbocycles. The average Bonchev–Trinajstić information content (AvgIpc) is 3.21. The van der Waals surface area contributed by atoms with E-state index in [2.05, 4.69) is 35.6 Å². The number of rotatable bonds is 3. The van der Waals surface area contributed by atoms with E-state index in [4.69, 9.17) is 16.3 Å². The predicted molar refractivity (Wildman–Crippen MR) is 128 cm³/mol. The fraction of sp³-hybridized carbons (Fsp3) is 0.280. The number of sulfonamides is 1. The molecule has 0 aromatic heterocycles. The zero-order valence-electron chi connectivity index (χ0n) is 18.4. The van der Waals surface area contributed by atoms with Crippen LogP contribution in [0, 0.1) is 6.92 Å². The quantitative estimate of drug-likeness (QED) is 0.550. The Hall–Kier alpha value is -2.70. The Balaban J connectivity index is 1.51. The molecule has 1 unspecified atom stereocenters. The Kier molecular flexibility index (Phi) is 4.56. The standard InChI is InChI=1S/C25H25ClN2O3S/c1-16-9-11-19(12-10-16)32(29,30)27-18-13-17-15-25(31-23(17)21(26)14-18)24(2,3)20-7-5-6-8-22(20)28(25)4/h5-14,27H,15H2,1-4H3. The number of hydrogen-bond donors (Lipinski definition) is 1. The molecule has 0 bridgehead atoms. The zero-order valence-corrected chi connectivity index (χ0v) is 20.0. The van der Waals surface area contributed by atoms with E-state index >= 15 is 0 Å². The molecule has 0 fully saturated rings. The number of aryl methyl sites for hydroxylation is 1. The molecule has 3 aromatic carbocycles. The van der Waals surface area contributed by atoms with E-state index in [0.717, 1.165) is 16.8 Å². The number of benzene rings is 3. The number of nitrogens with one attached hydrogen (secondary N) is 1. The minimum atomic E-state index is -3.73. The lowest BCUT2D eigenvalue weighted by atomic mass is 9.76. The fourth-order valence-electron chi connectivity index (χ4n) is 5.00. The van der Waals surface area contributed by atoms with Crippen LogP contribution in [0.25, 0.3) is 0 Å². The van der Waals surface area contributed by atoms with Crippen molar-refractivity contribution in [2.24, 2.45) is 0 Å². The lowest BCUT2D eigenvalue weighted by Gasteiger charge is -2.42. The first-order chi connectivity index (χ1) is 15.0. The second kappa shape index (κ2) is 6.90. The van der Waals surface area contributed by atoms with Gasteiger partial charge < -0.3 is 9.64 Å². The summed E-state index contributed by atoms with van der Waals surface area (Å²) in [5.74, 6) is 0.609. The van der Waals surface area contributed by atoms with Crippen molar-refractivity contribution in [1.29, 1.82) is 0 Å². The summed E-state index contributed by atoms with van der Waals surface area (Å²) >= 11 is 6.61. The van der Waals surface area contributed by atoms with Gasteiger partial charge in [-0.25, -0.2) is 8.42 Å². The van der Waals surface area contributed by atoms with E-state index in [9.17, 15) is 8.42 Å². The van der Waals surface area contributed by atoms with Gasteiger partial charge in [-0.2, -0.15) is 0 Å². The molecule has 0 amide bonds. The van der Waals surface area contributed by atoms with Crippen LogP contribution in [0.1, 0.15) is 30.5 Å². The van der Waals surface area contributed by atoms with Crippen LogP contribution < -0.4 is 14.4 Å². The van der Waals surface area contributed by atoms with Crippen LogP contribution >= 0.6 is 11.6 Å². The smallest absolute Gasteiger partial charge is 0.261 e. The number of halogens is 1. The second-order valence-corrected chi connectivity index (χ2v) is 11.2. The van der Waals surface area contributed by atoms with Gasteiger partial charge in [0.1, 0.15) is 5.75 Å². The molecular weight excluding hydrogens is 444 g/mol. The third-order valence-electron chi connectivity index (χ3n) is 6.86. The SMILES string of the molecule is Cc1ccc(S(=O)(=O)Nc2cc(Cl)c3c(c2)CC2(O3)N(C)c3ccccc3C2(C)C)cc1. The van der Waals surface area contributed by atoms with E-state index < -0.39 is 15.7 Å². The fourth-order valence-corrected chi connectivity index (χ4v) is 6.32. The normalized spacial score (nSPS) is 20.7. The van der Waals surface area contributed by atoms with Crippen LogP contribution in [0.2, 0.25) is 5.02 Å². The summed E-state index contributed by atoms with van der Waals surface area (Å²) in [6, 6.07) is 18.5. The number of ether oxygens (including phenoxy) is 1. The van der Waals surface area contributed by atoms with E-state index in [1.807, 2.05) is 32.2 Å². The monoisotopic (exact) mass is 468 g/mol. The van der Waals surface area contributed by atoms with E-state index in [1.54, 1.807) is 30.3 Å². The highest BCUT2D eigenvalue weighted by Crippen LogP contribution is 2.57. The molecule has 32 heavy (non-hydrogen) atoms. The van der Waals surface area contributed by atoms with Crippen LogP contribution in [-0.4, -0.2) is 21.2 Å². The van der Waals surface area contributed by atoms with Crippen molar-refractivity contribution in [2.45, 2.75) is 43.2 Å². The summed E-state index contributed by atoms with van der Waals surface area (Å²) in [6.07, 6.45) is 0.584. The van der Waals surface area contributed by atoms with Gasteiger partial charge >= 0.3 is 0 Å². The molecule has 1 N–H and O–H groups in total. The van der Waals surface area contributed by atoms with Gasteiger partial charge in [-0.15, -0.1) is 0 Å². The molecule has 0 radical (unpaired) electrons. The summed E-state index contributed by atoms with van der Waals surface area (Å²) in [7, 11) is -1.69. The molecule has 2 aliphatic rings. The zero-order chi connectivity index (χ0) is 22.9. The maximum Gasteiger partial charge on any atom is 0.261 e. The van der Waals surface area contributed by atoms with Gasteiger partial charge in [0.15, 0.2) is 5.72 Å². The van der Waals surface area contributed by atoms with Gasteiger partial charge in [0.25, 0.3) is 10.0 Å². The van der Waals surface area contributed by atoms with Crippen molar-refractivity contribution in [1.82, 2.24) is 0 Å². The summed E-state index contributed by atoms with van der Waals surface area (Å²) in [6.45, 7) is 6.27. The highest BCUT2D eigenvalue weighted by atomic mass is 35.5. The van der Waals surface area contributed by atoms with Gasteiger partial charge in [-0.1, -0.05) is 47.5 Å². The Morgan fingerprint density at radius 3 is 2.44 bits per heavy atom. The Morgan fingerprint density at radius 1 is 1.06 bits per heavy atom. The first-order valence-corrected chi connectivity index (χ1v) is 12.4. The van der Waals surface area contributed by atoms with E-state index in [1.165, 1.54) is 5.56 Å². The van der Waals surface area contributed by atoms with Gasteiger partial charge in [-0.3, -0.25) is 4.72 Å². The van der Waals surface area contributed by atoms with Gasteiger partial charge in [0, 0.05) is 24.7 Å². The van der Waals surface area contributed by atoms with Gasteiger partial charge in [-0.05, 0) is 56.7 Å². The number of hydrogen-bond acceptors (Lipinski definition) is 4. The average molecular weight is 469 g/mol. The molecule has 5 rings (SSSR count). The van der Waals surface area contributed by atoms with E-state index in [-0.39, 0.29) is 10.3 Å². The number of likely N-dealkylation sites (N-methyl/N-ethyl adjacent to an activating group) is 1. The molecule has 0 saturated heterocycles. The third-order valence-corrected chi connectivity index (χ3v) is 8.54. The van der Waals surface area contributed by atoms with Gasteiger partial charge in [0.05, 0.1) is 21.0 Å². The lowest BCUT2D eigenvalue weighted by molar-refractivity contribution is 0.0351. The molecule has 5 nitrogen and oxygen atoms in total. The second-order valence-electron chi connectivity index (χ2n) is 9.13. The van der Waals surface area contributed by atoms with Crippen LogP contribution in [0.4, 0.5) is 11.4 Å². The molecule has 2 heterocycles. The lowest BCUT2D eigenvalue weighted by Crippen LogP contribution is -2.58. The molecule has 7 heteroatoms. The van der Waals surface area contributed by atoms with Crippen LogP contribution in [0.15, 0.2) is 65.6 Å². The van der Waals surface area contributed by atoms with Crippen molar-refractivity contribution >= 4 is 33.0 Å². The van der Waals surface area contributed by atoms with Gasteiger partial charge in [0.2, 0.25) is 0 Å². The molecule has 166 valence electrons. The maximum atomic E-state index is 12.9. The first kappa shape index (κ1) is 21.2. The maximum absolute atomic E-state index is 12.9. The predicted octanol–water partition coefficient (Wildman–Crippen LogP) is 5.51. The number of para-hydroxylation sites is 1. The number of anilines is 2. The molecule has 1 atom stereocenters. The largest absolute Gasteiger partial charge is 0.465 e. The van der Waals surface area contributed by atoms with Crippen molar-refractivity contribution < 1.29 is 13.2 Å². The first-order valence-electron chi connectivity index (χ1n) is 10.5. The Morgan fingerprint density at radius 2 is 1.75 bits per heavy atom. The minimum absolute atomic E-state index is 0.208. The minimum Gasteiger partial charge on any atom is -0.465 e. The molecule has 0 aliphatic carbocycles. The van der Waals surface area contributed by atoms with Crippen LogP contribution in [-0.2, 0) is 21.9 Å². The van der Waals surface area contributed by atoms with Crippen molar-refractivity contribution in [3.8, 4) is 5.75 Å². The molecule has 2 aliphatic heterocycles. The Labute approximate surface area is 194 Å². The number of fused-ring (bicyclic) bond motifs is 2. The van der Waals surface area contributed by atoms with Crippen LogP contribution in [0.5, 0.6) is 5.75 Å². The van der Waals surface area contributed by atoms with Crippen LogP contribution in [0.3, 0.4) is 0 Å². The molecule has 1 spiro atoms. The molecular formula is C25H25ClN2O3S. The Bertz CT molecular complexity index is 1340. The van der Waals surface area contributed by atoms with Crippen molar-refractivity contribution in [3.63, 3.8) is 0 Å². The van der Waals surface area contributed by atoms with Crippen molar-refractivity contribution in [2.75, 3.05) is 16.7 Å². The van der Waals surface area contributed by atoms with Crippen molar-refractivity contribution in [3.05, 3.63) is 82.4 Å². The topological polar surface area (TPSA) is 58.6 Å².